The van der Waals surface area contributed by atoms with Gasteiger partial charge < -0.3 is 0 Å². The van der Waals surface area contributed by atoms with Gasteiger partial charge in [0.25, 0.3) is 0 Å². The Morgan fingerprint density at radius 3 is 1.57 bits per heavy atom. The number of hydrogen-bond donors (Lipinski definition) is 0. The van der Waals surface area contributed by atoms with Crippen molar-refractivity contribution in [2.75, 3.05) is 12.5 Å². The van der Waals surface area contributed by atoms with Crippen molar-refractivity contribution in [2.24, 2.45) is 0 Å². The van der Waals surface area contributed by atoms with Crippen LogP contribution in [0.3, 0.4) is 0 Å². The zero-order valence-corrected chi connectivity index (χ0v) is 12.3. The molecule has 2 nitrogen and oxygen atoms in total. The van der Waals surface area contributed by atoms with E-state index in [2.05, 4.69) is 31.9 Å². The lowest BCUT2D eigenvalue weighted by Crippen LogP contribution is -1.95. The van der Waals surface area contributed by atoms with Crippen LogP contribution in [0.1, 0.15) is 0 Å². The van der Waals surface area contributed by atoms with Crippen molar-refractivity contribution in [3.05, 3.63) is 21.1 Å². The highest BCUT2D eigenvalue weighted by Crippen LogP contribution is 2.29. The third kappa shape index (κ3) is 2.74. The van der Waals surface area contributed by atoms with E-state index in [0.29, 0.717) is 9.79 Å². The maximum atomic E-state index is 11.3. The highest BCUT2D eigenvalue weighted by Gasteiger charge is 2.11. The summed E-state index contributed by atoms with van der Waals surface area (Å²) < 4.78 is 24.2. The molecule has 2 unspecified atom stereocenters. The van der Waals surface area contributed by atoms with Gasteiger partial charge in [-0.2, -0.15) is 0 Å². The molecule has 78 valence electrons. The quantitative estimate of drug-likeness (QED) is 0.813. The summed E-state index contributed by atoms with van der Waals surface area (Å²) >= 11 is 6.62. The topological polar surface area (TPSA) is 34.1 Å². The summed E-state index contributed by atoms with van der Waals surface area (Å²) in [6.45, 7) is 0. The van der Waals surface area contributed by atoms with E-state index in [1.807, 2.05) is 0 Å². The fraction of sp³-hybridized carbons (Fsp3) is 0.250. The number of halogens is 2. The molecule has 6 heteroatoms. The average molecular weight is 360 g/mol. The molecule has 0 aromatic heterocycles. The summed E-state index contributed by atoms with van der Waals surface area (Å²) in [5.74, 6) is 0. The molecular weight excluding hydrogens is 352 g/mol. The highest BCUT2D eigenvalue weighted by atomic mass is 79.9. The van der Waals surface area contributed by atoms with Crippen LogP contribution in [0.15, 0.2) is 30.9 Å². The monoisotopic (exact) mass is 358 g/mol. The molecule has 0 aliphatic heterocycles. The Balaban J connectivity index is 3.42. The summed E-state index contributed by atoms with van der Waals surface area (Å²) in [5, 5.41) is 0. The molecule has 0 bridgehead atoms. The second kappa shape index (κ2) is 5.01. The van der Waals surface area contributed by atoms with Gasteiger partial charge in [-0.3, -0.25) is 8.42 Å². The first kappa shape index (κ1) is 12.5. The summed E-state index contributed by atoms with van der Waals surface area (Å²) in [4.78, 5) is 1.33. The standard InChI is InChI=1S/C8H8Br2O2S2/c1-13(11)7-4-8(14(2)12)6(10)3-5(7)9/h3-4H,1-2H3. The van der Waals surface area contributed by atoms with Crippen molar-refractivity contribution in [3.63, 3.8) is 0 Å². The fourth-order valence-corrected chi connectivity index (χ4v) is 4.62. The Labute approximate surface area is 105 Å². The molecule has 1 aromatic rings. The maximum Gasteiger partial charge on any atom is 0.0540 e. The molecule has 0 N–H and O–H groups in total. The largest absolute Gasteiger partial charge is 0.255 e. The zero-order valence-electron chi connectivity index (χ0n) is 7.54. The molecule has 0 saturated heterocycles. The second-order valence-electron chi connectivity index (χ2n) is 2.62. The highest BCUT2D eigenvalue weighted by molar-refractivity contribution is 9.11. The van der Waals surface area contributed by atoms with Crippen LogP contribution in [0.4, 0.5) is 0 Å². The van der Waals surface area contributed by atoms with Crippen molar-refractivity contribution in [1.29, 1.82) is 0 Å². The average Bonchev–Trinajstić information content (AvgIpc) is 2.02. The molecule has 0 amide bonds. The van der Waals surface area contributed by atoms with Crippen LogP contribution in [0.25, 0.3) is 0 Å². The minimum Gasteiger partial charge on any atom is -0.255 e. The van der Waals surface area contributed by atoms with Crippen molar-refractivity contribution < 1.29 is 8.42 Å². The lowest BCUT2D eigenvalue weighted by Gasteiger charge is -2.06. The molecule has 0 aliphatic rings. The molecule has 1 rings (SSSR count). The van der Waals surface area contributed by atoms with Gasteiger partial charge in [-0.15, -0.1) is 0 Å². The Morgan fingerprint density at radius 1 is 0.929 bits per heavy atom. The number of benzene rings is 1. The van der Waals surface area contributed by atoms with Gasteiger partial charge in [-0.1, -0.05) is 0 Å². The van der Waals surface area contributed by atoms with Gasteiger partial charge in [0.05, 0.1) is 31.4 Å². The van der Waals surface area contributed by atoms with E-state index in [0.717, 1.165) is 8.95 Å². The van der Waals surface area contributed by atoms with E-state index in [1.165, 1.54) is 0 Å². The fourth-order valence-electron chi connectivity index (χ4n) is 0.951. The first-order valence-corrected chi connectivity index (χ1v) is 8.29. The summed E-state index contributed by atoms with van der Waals surface area (Å²) in [5.41, 5.74) is 0. The van der Waals surface area contributed by atoms with Crippen molar-refractivity contribution in [1.82, 2.24) is 0 Å². The van der Waals surface area contributed by atoms with E-state index in [9.17, 15) is 8.42 Å². The Bertz CT molecular complexity index is 383. The third-order valence-electron chi connectivity index (χ3n) is 1.61. The molecule has 0 heterocycles. The SMILES string of the molecule is CS(=O)c1cc(S(C)=O)c(Br)cc1Br. The molecule has 0 radical (unpaired) electrons. The Kier molecular flexibility index (Phi) is 4.49. The van der Waals surface area contributed by atoms with Crippen LogP contribution in [-0.4, -0.2) is 20.9 Å². The van der Waals surface area contributed by atoms with Crippen molar-refractivity contribution in [3.8, 4) is 0 Å². The molecule has 1 aromatic carbocycles. The molecule has 14 heavy (non-hydrogen) atoms. The van der Waals surface area contributed by atoms with Gasteiger partial charge in [-0.05, 0) is 44.0 Å². The normalized spacial score (nSPS) is 15.1. The van der Waals surface area contributed by atoms with E-state index in [-0.39, 0.29) is 0 Å². The molecule has 0 spiro atoms. The van der Waals surface area contributed by atoms with Gasteiger partial charge in [-0.25, -0.2) is 0 Å². The molecular formula is C8H8Br2O2S2. The maximum absolute atomic E-state index is 11.3. The Hall–Kier alpha value is 0.480. The predicted octanol–water partition coefficient (Wildman–Crippen LogP) is 2.69. The minimum atomic E-state index is -1.08. The molecule has 0 aliphatic carbocycles. The van der Waals surface area contributed by atoms with Gasteiger partial charge in [0.15, 0.2) is 0 Å². The lowest BCUT2D eigenvalue weighted by atomic mass is 10.4. The van der Waals surface area contributed by atoms with Gasteiger partial charge >= 0.3 is 0 Å². The third-order valence-corrected chi connectivity index (χ3v) is 5.36. The van der Waals surface area contributed by atoms with Gasteiger partial charge in [0.1, 0.15) is 0 Å². The molecule has 0 fully saturated rings. The first-order chi connectivity index (χ1) is 6.43. The minimum absolute atomic E-state index is 0.665. The lowest BCUT2D eigenvalue weighted by molar-refractivity contribution is 0.685. The summed E-state index contributed by atoms with van der Waals surface area (Å²) in [6.07, 6.45) is 3.19. The van der Waals surface area contributed by atoms with E-state index in [1.54, 1.807) is 24.6 Å². The Morgan fingerprint density at radius 2 is 1.29 bits per heavy atom. The summed E-state index contributed by atoms with van der Waals surface area (Å²) in [6, 6.07) is 3.47. The predicted molar refractivity (Wildman–Crippen MR) is 66.5 cm³/mol. The van der Waals surface area contributed by atoms with E-state index >= 15 is 0 Å². The van der Waals surface area contributed by atoms with Gasteiger partial charge in [0, 0.05) is 21.5 Å². The zero-order chi connectivity index (χ0) is 10.9. The smallest absolute Gasteiger partial charge is 0.0540 e. The van der Waals surface area contributed by atoms with E-state index in [4.69, 9.17) is 0 Å². The van der Waals surface area contributed by atoms with Crippen LogP contribution in [0.2, 0.25) is 0 Å². The molecule has 2 atom stereocenters. The van der Waals surface area contributed by atoms with Crippen LogP contribution in [-0.2, 0) is 21.6 Å². The van der Waals surface area contributed by atoms with E-state index < -0.39 is 21.6 Å². The summed E-state index contributed by atoms with van der Waals surface area (Å²) in [7, 11) is -2.16. The van der Waals surface area contributed by atoms with Crippen LogP contribution in [0, 0.1) is 0 Å². The van der Waals surface area contributed by atoms with Gasteiger partial charge in [0.2, 0.25) is 0 Å². The first-order valence-electron chi connectivity index (χ1n) is 3.59. The van der Waals surface area contributed by atoms with Crippen LogP contribution >= 0.6 is 31.9 Å². The van der Waals surface area contributed by atoms with Crippen molar-refractivity contribution in [2.45, 2.75) is 9.79 Å². The number of rotatable bonds is 2. The van der Waals surface area contributed by atoms with Crippen LogP contribution < -0.4 is 0 Å². The number of hydrogen-bond acceptors (Lipinski definition) is 2. The second-order valence-corrected chi connectivity index (χ2v) is 7.03. The molecule has 0 saturated carbocycles. The van der Waals surface area contributed by atoms with Crippen molar-refractivity contribution >= 4 is 53.5 Å². The van der Waals surface area contributed by atoms with Crippen LogP contribution in [0.5, 0.6) is 0 Å².